The van der Waals surface area contributed by atoms with E-state index in [4.69, 9.17) is 20.3 Å². The Balaban J connectivity index is 4.11. The highest BCUT2D eigenvalue weighted by molar-refractivity contribution is 5.70. The fourth-order valence-corrected chi connectivity index (χ4v) is 1.08. The third kappa shape index (κ3) is 6.43. The van der Waals surface area contributed by atoms with Crippen molar-refractivity contribution in [2.75, 3.05) is 19.8 Å². The number of carbonyl (C=O) groups is 1. The fraction of sp³-hybridized carbons (Fsp3) is 0.900. The van der Waals surface area contributed by atoms with Crippen molar-refractivity contribution in [3.05, 3.63) is 0 Å². The van der Waals surface area contributed by atoms with Gasteiger partial charge in [0.05, 0.1) is 31.3 Å². The van der Waals surface area contributed by atoms with Crippen molar-refractivity contribution in [1.82, 2.24) is 0 Å². The van der Waals surface area contributed by atoms with Gasteiger partial charge in [-0.15, -0.1) is 0 Å². The largest absolute Gasteiger partial charge is 0.463 e. The average Bonchev–Trinajstić information content (AvgIpc) is 2.13. The van der Waals surface area contributed by atoms with E-state index in [0.717, 1.165) is 0 Å². The van der Waals surface area contributed by atoms with Gasteiger partial charge in [-0.25, -0.2) is 0 Å². The van der Waals surface area contributed by atoms with Crippen LogP contribution in [0.4, 0.5) is 0 Å². The van der Waals surface area contributed by atoms with Gasteiger partial charge in [0.15, 0.2) is 0 Å². The van der Waals surface area contributed by atoms with Gasteiger partial charge in [-0.05, 0) is 20.8 Å². The van der Waals surface area contributed by atoms with Gasteiger partial charge in [0, 0.05) is 6.54 Å². The number of ether oxygens (including phenoxy) is 2. The smallest absolute Gasteiger partial charge is 0.309 e. The Morgan fingerprint density at radius 3 is 2.53 bits per heavy atom. The molecule has 90 valence electrons. The molecule has 0 aliphatic carbocycles. The molecule has 0 radical (unpaired) electrons. The van der Waals surface area contributed by atoms with Crippen LogP contribution in [0, 0.1) is 0 Å². The minimum absolute atomic E-state index is 0.0885. The average molecular weight is 219 g/mol. The summed E-state index contributed by atoms with van der Waals surface area (Å²) in [5, 5.41) is 8.62. The van der Waals surface area contributed by atoms with E-state index in [-0.39, 0.29) is 38.3 Å². The van der Waals surface area contributed by atoms with E-state index in [0.29, 0.717) is 0 Å². The number of esters is 1. The first kappa shape index (κ1) is 14.3. The van der Waals surface area contributed by atoms with Crippen molar-refractivity contribution >= 4 is 5.97 Å². The maximum Gasteiger partial charge on any atom is 0.309 e. The lowest BCUT2D eigenvalue weighted by molar-refractivity contribution is -0.155. The van der Waals surface area contributed by atoms with Crippen LogP contribution < -0.4 is 5.73 Å². The zero-order chi connectivity index (χ0) is 11.9. The first-order valence-corrected chi connectivity index (χ1v) is 5.08. The summed E-state index contributed by atoms with van der Waals surface area (Å²) >= 11 is 0. The van der Waals surface area contributed by atoms with Crippen LogP contribution in [0.3, 0.4) is 0 Å². The molecule has 0 aromatic carbocycles. The molecule has 5 nitrogen and oxygen atoms in total. The zero-order valence-corrected chi connectivity index (χ0v) is 9.66. The molecule has 0 aliphatic heterocycles. The molecule has 0 aromatic heterocycles. The Morgan fingerprint density at radius 1 is 1.53 bits per heavy atom. The Bertz CT molecular complexity index is 196. The van der Waals surface area contributed by atoms with Crippen LogP contribution >= 0.6 is 0 Å². The summed E-state index contributed by atoms with van der Waals surface area (Å²) < 4.78 is 10.3. The summed E-state index contributed by atoms with van der Waals surface area (Å²) in [4.78, 5) is 11.4. The number of aliphatic hydroxyl groups excluding tert-OH is 1. The molecule has 3 N–H and O–H groups in total. The van der Waals surface area contributed by atoms with Crippen LogP contribution in [0.1, 0.15) is 27.2 Å². The second-order valence-electron chi connectivity index (χ2n) is 3.94. The zero-order valence-electron chi connectivity index (χ0n) is 9.66. The number of hydrogen-bond acceptors (Lipinski definition) is 5. The Labute approximate surface area is 90.5 Å². The lowest BCUT2D eigenvalue weighted by Crippen LogP contribution is -2.41. The van der Waals surface area contributed by atoms with Gasteiger partial charge < -0.3 is 20.3 Å². The van der Waals surface area contributed by atoms with Crippen LogP contribution in [0.15, 0.2) is 0 Å². The van der Waals surface area contributed by atoms with Gasteiger partial charge in [-0.3, -0.25) is 4.79 Å². The van der Waals surface area contributed by atoms with Crippen LogP contribution in [-0.2, 0) is 14.3 Å². The van der Waals surface area contributed by atoms with E-state index in [1.54, 1.807) is 20.8 Å². The van der Waals surface area contributed by atoms with Gasteiger partial charge in [0.2, 0.25) is 0 Å². The first-order valence-electron chi connectivity index (χ1n) is 5.08. The van der Waals surface area contributed by atoms with Crippen molar-refractivity contribution in [2.24, 2.45) is 5.73 Å². The van der Waals surface area contributed by atoms with Crippen molar-refractivity contribution in [3.8, 4) is 0 Å². The lowest BCUT2D eigenvalue weighted by atomic mass is 10.0. The van der Waals surface area contributed by atoms with Crippen molar-refractivity contribution < 1.29 is 19.4 Å². The van der Waals surface area contributed by atoms with Crippen LogP contribution in [0.5, 0.6) is 0 Å². The Kier molecular flexibility index (Phi) is 6.47. The van der Waals surface area contributed by atoms with Crippen molar-refractivity contribution in [1.29, 1.82) is 0 Å². The molecule has 15 heavy (non-hydrogen) atoms. The van der Waals surface area contributed by atoms with Crippen molar-refractivity contribution in [3.63, 3.8) is 0 Å². The third-order valence-electron chi connectivity index (χ3n) is 1.86. The molecule has 0 fully saturated rings. The summed E-state index contributed by atoms with van der Waals surface area (Å²) in [5.74, 6) is -0.337. The number of nitrogens with two attached hydrogens (primary N) is 1. The molecule has 0 saturated carbocycles. The van der Waals surface area contributed by atoms with Crippen molar-refractivity contribution in [2.45, 2.75) is 38.9 Å². The SMILES string of the molecule is CC(C)OC(=O)CC(C)(CN)OCCO. The molecular weight excluding hydrogens is 198 g/mol. The summed E-state index contributed by atoms with van der Waals surface area (Å²) in [6.45, 7) is 5.58. The van der Waals surface area contributed by atoms with Crippen LogP contribution in [0.25, 0.3) is 0 Å². The summed E-state index contributed by atoms with van der Waals surface area (Å²) in [6.07, 6.45) is -0.0424. The lowest BCUT2D eigenvalue weighted by Gasteiger charge is -2.27. The molecule has 1 unspecified atom stereocenters. The van der Waals surface area contributed by atoms with Crippen LogP contribution in [-0.4, -0.2) is 42.5 Å². The second-order valence-corrected chi connectivity index (χ2v) is 3.94. The highest BCUT2D eigenvalue weighted by atomic mass is 16.5. The number of rotatable bonds is 7. The van der Waals surface area contributed by atoms with Gasteiger partial charge in [-0.1, -0.05) is 0 Å². The fourth-order valence-electron chi connectivity index (χ4n) is 1.08. The van der Waals surface area contributed by atoms with E-state index >= 15 is 0 Å². The van der Waals surface area contributed by atoms with E-state index in [1.165, 1.54) is 0 Å². The quantitative estimate of drug-likeness (QED) is 0.591. The molecule has 0 amide bonds. The maximum atomic E-state index is 11.4. The van der Waals surface area contributed by atoms with E-state index in [1.807, 2.05) is 0 Å². The Hall–Kier alpha value is -0.650. The highest BCUT2D eigenvalue weighted by Gasteiger charge is 2.28. The molecule has 0 saturated heterocycles. The summed E-state index contributed by atoms with van der Waals surface area (Å²) in [5.41, 5.74) is 4.76. The molecule has 0 aromatic rings. The summed E-state index contributed by atoms with van der Waals surface area (Å²) in [6, 6.07) is 0. The van der Waals surface area contributed by atoms with Crippen LogP contribution in [0.2, 0.25) is 0 Å². The van der Waals surface area contributed by atoms with Gasteiger partial charge in [-0.2, -0.15) is 0 Å². The predicted molar refractivity (Wildman–Crippen MR) is 56.3 cm³/mol. The van der Waals surface area contributed by atoms with Gasteiger partial charge in [0.1, 0.15) is 0 Å². The molecule has 0 heterocycles. The normalized spacial score (nSPS) is 15.1. The number of hydrogen-bond donors (Lipinski definition) is 2. The van der Waals surface area contributed by atoms with Gasteiger partial charge in [0.25, 0.3) is 0 Å². The molecule has 0 bridgehead atoms. The first-order chi connectivity index (χ1) is 6.93. The standard InChI is InChI=1S/C10H21NO4/c1-8(2)15-9(13)6-10(3,7-11)14-5-4-12/h8,12H,4-7,11H2,1-3H3. The molecule has 0 aliphatic rings. The van der Waals surface area contributed by atoms with Gasteiger partial charge >= 0.3 is 5.97 Å². The molecule has 0 spiro atoms. The predicted octanol–water partition coefficient (Wildman–Crippen LogP) is 0.0544. The van der Waals surface area contributed by atoms with E-state index < -0.39 is 5.60 Å². The van der Waals surface area contributed by atoms with E-state index in [2.05, 4.69) is 0 Å². The monoisotopic (exact) mass is 219 g/mol. The maximum absolute atomic E-state index is 11.4. The topological polar surface area (TPSA) is 81.8 Å². The number of carbonyl (C=O) groups excluding carboxylic acids is 1. The molecule has 5 heteroatoms. The minimum atomic E-state index is -0.755. The molecular formula is C10H21NO4. The minimum Gasteiger partial charge on any atom is -0.463 e. The molecule has 0 rings (SSSR count). The third-order valence-corrected chi connectivity index (χ3v) is 1.86. The van der Waals surface area contributed by atoms with E-state index in [9.17, 15) is 4.79 Å². The second kappa shape index (κ2) is 6.76. The number of aliphatic hydroxyl groups is 1. The highest BCUT2D eigenvalue weighted by Crippen LogP contribution is 2.15. The Morgan fingerprint density at radius 2 is 2.13 bits per heavy atom. The molecule has 1 atom stereocenters. The summed E-state index contributed by atoms with van der Waals surface area (Å²) in [7, 11) is 0.